The molecule has 20 heavy (non-hydrogen) atoms. The second-order valence-corrected chi connectivity index (χ2v) is 6.25. The first-order valence-corrected chi connectivity index (χ1v) is 8.06. The first-order valence-electron chi connectivity index (χ1n) is 7.18. The summed E-state index contributed by atoms with van der Waals surface area (Å²) >= 11 is 1.72. The SMILES string of the molecule is CCC(C)CC(Cc1nc(-c2ccccc2)cs1)NN. The summed E-state index contributed by atoms with van der Waals surface area (Å²) < 4.78 is 0. The van der Waals surface area contributed by atoms with Gasteiger partial charge in [-0.25, -0.2) is 4.98 Å². The van der Waals surface area contributed by atoms with Crippen LogP contribution in [0.3, 0.4) is 0 Å². The van der Waals surface area contributed by atoms with Gasteiger partial charge in [0.25, 0.3) is 0 Å². The summed E-state index contributed by atoms with van der Waals surface area (Å²) in [5, 5.41) is 3.27. The lowest BCUT2D eigenvalue weighted by Gasteiger charge is -2.18. The predicted molar refractivity (Wildman–Crippen MR) is 86.4 cm³/mol. The molecule has 0 fully saturated rings. The Balaban J connectivity index is 2.01. The first-order chi connectivity index (χ1) is 9.72. The van der Waals surface area contributed by atoms with Gasteiger partial charge in [-0.05, 0) is 12.3 Å². The van der Waals surface area contributed by atoms with Crippen LogP contribution in [0.4, 0.5) is 0 Å². The van der Waals surface area contributed by atoms with Gasteiger partial charge in [-0.2, -0.15) is 0 Å². The minimum Gasteiger partial charge on any atom is -0.271 e. The molecule has 108 valence electrons. The van der Waals surface area contributed by atoms with Gasteiger partial charge >= 0.3 is 0 Å². The largest absolute Gasteiger partial charge is 0.271 e. The van der Waals surface area contributed by atoms with E-state index in [2.05, 4.69) is 36.8 Å². The van der Waals surface area contributed by atoms with E-state index in [1.54, 1.807) is 11.3 Å². The number of benzene rings is 1. The highest BCUT2D eigenvalue weighted by Crippen LogP contribution is 2.23. The number of nitrogens with one attached hydrogen (secondary N) is 1. The molecule has 1 aromatic heterocycles. The third-order valence-corrected chi connectivity index (χ3v) is 4.53. The van der Waals surface area contributed by atoms with Crippen molar-refractivity contribution >= 4 is 11.3 Å². The molecule has 3 nitrogen and oxygen atoms in total. The number of hydrogen-bond acceptors (Lipinski definition) is 4. The Morgan fingerprint density at radius 2 is 2.05 bits per heavy atom. The van der Waals surface area contributed by atoms with Crippen molar-refractivity contribution in [3.05, 3.63) is 40.7 Å². The minimum atomic E-state index is 0.305. The number of hydrazine groups is 1. The molecule has 1 aromatic carbocycles. The van der Waals surface area contributed by atoms with Crippen molar-refractivity contribution in [1.29, 1.82) is 0 Å². The molecule has 0 radical (unpaired) electrons. The molecule has 0 aliphatic carbocycles. The number of thiazole rings is 1. The zero-order chi connectivity index (χ0) is 14.4. The Morgan fingerprint density at radius 3 is 2.70 bits per heavy atom. The van der Waals surface area contributed by atoms with Crippen molar-refractivity contribution in [2.75, 3.05) is 0 Å². The molecule has 4 heteroatoms. The Bertz CT molecular complexity index is 509. The van der Waals surface area contributed by atoms with Crippen LogP contribution in [0.5, 0.6) is 0 Å². The fourth-order valence-corrected chi connectivity index (χ4v) is 3.10. The average molecular weight is 289 g/mol. The fraction of sp³-hybridized carbons (Fsp3) is 0.438. The van der Waals surface area contributed by atoms with Crippen LogP contribution >= 0.6 is 11.3 Å². The van der Waals surface area contributed by atoms with Crippen LogP contribution < -0.4 is 11.3 Å². The molecular formula is C16H23N3S. The number of nitrogens with zero attached hydrogens (tertiary/aromatic N) is 1. The van der Waals surface area contributed by atoms with Crippen LogP contribution in [-0.2, 0) is 6.42 Å². The molecule has 2 aromatic rings. The van der Waals surface area contributed by atoms with Crippen LogP contribution in [0.1, 0.15) is 31.7 Å². The van der Waals surface area contributed by atoms with Gasteiger partial charge in [-0.3, -0.25) is 11.3 Å². The van der Waals surface area contributed by atoms with Gasteiger partial charge in [0.05, 0.1) is 10.7 Å². The van der Waals surface area contributed by atoms with Crippen LogP contribution in [0.25, 0.3) is 11.3 Å². The topological polar surface area (TPSA) is 50.9 Å². The Labute approximate surface area is 125 Å². The third-order valence-electron chi connectivity index (χ3n) is 3.66. The van der Waals surface area contributed by atoms with Gasteiger partial charge in [-0.1, -0.05) is 50.6 Å². The Hall–Kier alpha value is -1.23. The molecule has 0 saturated heterocycles. The summed E-state index contributed by atoms with van der Waals surface area (Å²) in [6.07, 6.45) is 3.18. The second-order valence-electron chi connectivity index (χ2n) is 5.31. The van der Waals surface area contributed by atoms with Crippen molar-refractivity contribution in [3.8, 4) is 11.3 Å². The zero-order valence-corrected chi connectivity index (χ0v) is 13.0. The van der Waals surface area contributed by atoms with E-state index in [1.807, 2.05) is 18.2 Å². The van der Waals surface area contributed by atoms with E-state index >= 15 is 0 Å². The zero-order valence-electron chi connectivity index (χ0n) is 12.2. The third kappa shape index (κ3) is 4.13. The standard InChI is InChI=1S/C16H23N3S/c1-3-12(2)9-14(19-17)10-16-18-15(11-20-16)13-7-5-4-6-8-13/h4-8,11-12,14,19H,3,9-10,17H2,1-2H3. The monoisotopic (exact) mass is 289 g/mol. The molecule has 0 aliphatic rings. The number of hydrogen-bond donors (Lipinski definition) is 2. The van der Waals surface area contributed by atoms with E-state index in [4.69, 9.17) is 10.8 Å². The second kappa shape index (κ2) is 7.53. The molecule has 1 heterocycles. The van der Waals surface area contributed by atoms with Gasteiger partial charge < -0.3 is 0 Å². The molecular weight excluding hydrogens is 266 g/mol. The van der Waals surface area contributed by atoms with E-state index in [9.17, 15) is 0 Å². The lowest BCUT2D eigenvalue weighted by Crippen LogP contribution is -2.37. The van der Waals surface area contributed by atoms with Gasteiger partial charge in [0.15, 0.2) is 0 Å². The lowest BCUT2D eigenvalue weighted by molar-refractivity contribution is 0.396. The molecule has 3 N–H and O–H groups in total. The molecule has 0 amide bonds. The van der Waals surface area contributed by atoms with Crippen LogP contribution in [-0.4, -0.2) is 11.0 Å². The van der Waals surface area contributed by atoms with Gasteiger partial charge in [0, 0.05) is 23.4 Å². The summed E-state index contributed by atoms with van der Waals surface area (Å²) in [6.45, 7) is 4.48. The first kappa shape index (κ1) is 15.2. The summed E-state index contributed by atoms with van der Waals surface area (Å²) in [4.78, 5) is 4.72. The van der Waals surface area contributed by atoms with E-state index in [0.29, 0.717) is 12.0 Å². The van der Waals surface area contributed by atoms with Crippen molar-refractivity contribution in [3.63, 3.8) is 0 Å². The van der Waals surface area contributed by atoms with Crippen LogP contribution in [0.15, 0.2) is 35.7 Å². The van der Waals surface area contributed by atoms with Crippen LogP contribution in [0.2, 0.25) is 0 Å². The molecule has 0 saturated carbocycles. The predicted octanol–water partition coefficient (Wildman–Crippen LogP) is 3.62. The fourth-order valence-electron chi connectivity index (χ4n) is 2.22. The smallest absolute Gasteiger partial charge is 0.0948 e. The summed E-state index contributed by atoms with van der Waals surface area (Å²) in [6, 6.07) is 10.6. The van der Waals surface area contributed by atoms with Gasteiger partial charge in [0.1, 0.15) is 0 Å². The molecule has 0 bridgehead atoms. The number of rotatable bonds is 7. The van der Waals surface area contributed by atoms with E-state index in [-0.39, 0.29) is 0 Å². The lowest BCUT2D eigenvalue weighted by atomic mass is 9.98. The maximum absolute atomic E-state index is 5.67. The number of nitrogens with two attached hydrogens (primary N) is 1. The van der Waals surface area contributed by atoms with E-state index in [1.165, 1.54) is 12.0 Å². The maximum atomic E-state index is 5.67. The summed E-state index contributed by atoms with van der Waals surface area (Å²) in [7, 11) is 0. The Kier molecular flexibility index (Phi) is 5.71. The highest BCUT2D eigenvalue weighted by molar-refractivity contribution is 7.09. The van der Waals surface area contributed by atoms with Crippen molar-refractivity contribution < 1.29 is 0 Å². The summed E-state index contributed by atoms with van der Waals surface area (Å²) in [5.74, 6) is 6.35. The highest BCUT2D eigenvalue weighted by Gasteiger charge is 2.14. The van der Waals surface area contributed by atoms with E-state index in [0.717, 1.165) is 23.5 Å². The minimum absolute atomic E-state index is 0.305. The van der Waals surface area contributed by atoms with Crippen molar-refractivity contribution in [2.45, 2.75) is 39.2 Å². The van der Waals surface area contributed by atoms with Gasteiger partial charge in [-0.15, -0.1) is 11.3 Å². The maximum Gasteiger partial charge on any atom is 0.0948 e. The Morgan fingerprint density at radius 1 is 1.30 bits per heavy atom. The normalized spacial score (nSPS) is 14.2. The van der Waals surface area contributed by atoms with Gasteiger partial charge in [0.2, 0.25) is 0 Å². The van der Waals surface area contributed by atoms with Crippen molar-refractivity contribution in [2.24, 2.45) is 11.8 Å². The molecule has 2 unspecified atom stereocenters. The highest BCUT2D eigenvalue weighted by atomic mass is 32.1. The molecule has 0 spiro atoms. The number of aromatic nitrogens is 1. The quantitative estimate of drug-likeness (QED) is 0.604. The van der Waals surface area contributed by atoms with Crippen LogP contribution in [0, 0.1) is 5.92 Å². The molecule has 2 atom stereocenters. The summed E-state index contributed by atoms with van der Waals surface area (Å²) in [5.41, 5.74) is 5.17. The van der Waals surface area contributed by atoms with E-state index < -0.39 is 0 Å². The molecule has 0 aliphatic heterocycles. The average Bonchev–Trinajstić information content (AvgIpc) is 2.95. The van der Waals surface area contributed by atoms with Crippen molar-refractivity contribution in [1.82, 2.24) is 10.4 Å². The molecule has 2 rings (SSSR count).